The molecule has 1 aliphatic rings. The van der Waals surface area contributed by atoms with Crippen LogP contribution in [0, 0.1) is 0 Å². The van der Waals surface area contributed by atoms with Gasteiger partial charge in [0, 0.05) is 35.2 Å². The van der Waals surface area contributed by atoms with Crippen LogP contribution in [0.2, 0.25) is 5.02 Å². The van der Waals surface area contributed by atoms with Crippen LogP contribution in [0.4, 0.5) is 5.69 Å². The topological polar surface area (TPSA) is 17.3 Å². The lowest BCUT2D eigenvalue weighted by Crippen LogP contribution is -2.10. The van der Waals surface area contributed by atoms with Crippen molar-refractivity contribution in [2.75, 3.05) is 0 Å². The Morgan fingerprint density at radius 1 is 1.05 bits per heavy atom. The van der Waals surface area contributed by atoms with Gasteiger partial charge in [0.2, 0.25) is 0 Å². The second kappa shape index (κ2) is 6.27. The third-order valence-corrected chi connectivity index (χ3v) is 4.17. The molecule has 3 rings (SSSR count). The molecule has 0 saturated heterocycles. The lowest BCUT2D eigenvalue weighted by Gasteiger charge is -2.23. The maximum absolute atomic E-state index is 5.86. The fourth-order valence-corrected chi connectivity index (χ4v) is 2.92. The molecule has 0 unspecified atom stereocenters. The minimum atomic E-state index is 0.682. The second-order valence-electron chi connectivity index (χ2n) is 5.42. The first-order chi connectivity index (χ1) is 9.81. The first kappa shape index (κ1) is 13.4. The van der Waals surface area contributed by atoms with Crippen LogP contribution >= 0.6 is 11.6 Å². The molecule has 2 nitrogen and oxygen atoms in total. The maximum Gasteiger partial charge on any atom is 0.0630 e. The van der Waals surface area contributed by atoms with Gasteiger partial charge in [-0.2, -0.15) is 0 Å². The Balaban J connectivity index is 1.68. The molecule has 2 aromatic rings. The molecule has 0 atom stereocenters. The molecule has 3 heteroatoms. The van der Waals surface area contributed by atoms with Gasteiger partial charge >= 0.3 is 0 Å². The number of nitrogens with zero attached hydrogens (tertiary/aromatic N) is 2. The quantitative estimate of drug-likeness (QED) is 0.673. The third kappa shape index (κ3) is 3.31. The summed E-state index contributed by atoms with van der Waals surface area (Å²) in [5, 5.41) is 0.743. The minimum absolute atomic E-state index is 0.682. The Bertz CT molecular complexity index is 577. The molecular formula is C17H19ClN2. The van der Waals surface area contributed by atoms with Crippen molar-refractivity contribution < 1.29 is 0 Å². The van der Waals surface area contributed by atoms with Gasteiger partial charge in [0.15, 0.2) is 0 Å². The van der Waals surface area contributed by atoms with E-state index in [1.54, 1.807) is 0 Å². The van der Waals surface area contributed by atoms with E-state index < -0.39 is 0 Å². The fraction of sp³-hybridized carbons (Fsp3) is 0.353. The standard InChI is InChI=1S/C17H19ClN2/c18-15-6-8-16(9-7-15)19-12-14-10-11-20(13-14)17-4-2-1-3-5-17/h6-13,17H,1-5H2. The second-order valence-corrected chi connectivity index (χ2v) is 5.85. The van der Waals surface area contributed by atoms with Crippen molar-refractivity contribution in [3.8, 4) is 0 Å². The molecule has 1 aromatic heterocycles. The van der Waals surface area contributed by atoms with Gasteiger partial charge in [-0.1, -0.05) is 30.9 Å². The van der Waals surface area contributed by atoms with E-state index in [0.717, 1.165) is 16.3 Å². The van der Waals surface area contributed by atoms with E-state index in [4.69, 9.17) is 11.6 Å². The van der Waals surface area contributed by atoms with Gasteiger partial charge in [-0.3, -0.25) is 4.99 Å². The molecule has 1 aromatic carbocycles. The molecule has 0 N–H and O–H groups in total. The molecule has 1 heterocycles. The molecule has 104 valence electrons. The van der Waals surface area contributed by atoms with E-state index in [2.05, 4.69) is 28.0 Å². The van der Waals surface area contributed by atoms with Crippen LogP contribution in [0.1, 0.15) is 43.7 Å². The monoisotopic (exact) mass is 286 g/mol. The summed E-state index contributed by atoms with van der Waals surface area (Å²) in [7, 11) is 0. The van der Waals surface area contributed by atoms with Gasteiger partial charge in [-0.05, 0) is 43.2 Å². The van der Waals surface area contributed by atoms with Crippen LogP contribution < -0.4 is 0 Å². The molecule has 0 bridgehead atoms. The van der Waals surface area contributed by atoms with Crippen molar-refractivity contribution in [2.24, 2.45) is 4.99 Å². The Kier molecular flexibility index (Phi) is 4.22. The summed E-state index contributed by atoms with van der Waals surface area (Å²) in [6.45, 7) is 0. The van der Waals surface area contributed by atoms with Crippen LogP contribution in [0.25, 0.3) is 0 Å². The molecule has 0 spiro atoms. The number of benzene rings is 1. The summed E-state index contributed by atoms with van der Waals surface area (Å²) in [4.78, 5) is 4.48. The van der Waals surface area contributed by atoms with E-state index in [-0.39, 0.29) is 0 Å². The summed E-state index contributed by atoms with van der Waals surface area (Å²) < 4.78 is 2.35. The molecule has 1 fully saturated rings. The molecule has 1 aliphatic carbocycles. The highest BCUT2D eigenvalue weighted by molar-refractivity contribution is 6.30. The third-order valence-electron chi connectivity index (χ3n) is 3.92. The number of aromatic nitrogens is 1. The molecule has 1 saturated carbocycles. The normalized spacial score (nSPS) is 16.9. The Labute approximate surface area is 125 Å². The van der Waals surface area contributed by atoms with Crippen LogP contribution in [0.15, 0.2) is 47.7 Å². The predicted molar refractivity (Wildman–Crippen MR) is 85.3 cm³/mol. The van der Waals surface area contributed by atoms with Crippen molar-refractivity contribution in [3.63, 3.8) is 0 Å². The molecule has 0 amide bonds. The highest BCUT2D eigenvalue weighted by atomic mass is 35.5. The van der Waals surface area contributed by atoms with Crippen LogP contribution in [0.3, 0.4) is 0 Å². The predicted octanol–water partition coefficient (Wildman–Crippen LogP) is 5.40. The molecule has 20 heavy (non-hydrogen) atoms. The van der Waals surface area contributed by atoms with E-state index in [1.807, 2.05) is 30.5 Å². The zero-order valence-corrected chi connectivity index (χ0v) is 12.3. The smallest absolute Gasteiger partial charge is 0.0630 e. The molecule has 0 aliphatic heterocycles. The van der Waals surface area contributed by atoms with Gasteiger partial charge in [0.1, 0.15) is 0 Å². The first-order valence-electron chi connectivity index (χ1n) is 7.28. The van der Waals surface area contributed by atoms with Crippen LogP contribution in [-0.2, 0) is 0 Å². The average Bonchev–Trinajstić information content (AvgIpc) is 2.97. The summed E-state index contributed by atoms with van der Waals surface area (Å²) in [5.74, 6) is 0. The fourth-order valence-electron chi connectivity index (χ4n) is 2.79. The van der Waals surface area contributed by atoms with Gasteiger partial charge in [-0.25, -0.2) is 0 Å². The highest BCUT2D eigenvalue weighted by Gasteiger charge is 2.14. The van der Waals surface area contributed by atoms with E-state index in [9.17, 15) is 0 Å². The SMILES string of the molecule is Clc1ccc(N=Cc2ccn(C3CCCCC3)c2)cc1. The first-order valence-corrected chi connectivity index (χ1v) is 7.66. The van der Waals surface area contributed by atoms with Gasteiger partial charge in [-0.15, -0.1) is 0 Å². The minimum Gasteiger partial charge on any atom is -0.351 e. The van der Waals surface area contributed by atoms with E-state index >= 15 is 0 Å². The Morgan fingerprint density at radius 3 is 2.55 bits per heavy atom. The summed E-state index contributed by atoms with van der Waals surface area (Å²) >= 11 is 5.86. The Hall–Kier alpha value is -1.54. The van der Waals surface area contributed by atoms with Crippen molar-refractivity contribution in [2.45, 2.75) is 38.1 Å². The maximum atomic E-state index is 5.86. The average molecular weight is 287 g/mol. The van der Waals surface area contributed by atoms with Gasteiger partial charge < -0.3 is 4.57 Å². The van der Waals surface area contributed by atoms with E-state index in [0.29, 0.717) is 6.04 Å². The van der Waals surface area contributed by atoms with Crippen LogP contribution in [-0.4, -0.2) is 10.8 Å². The van der Waals surface area contributed by atoms with Gasteiger partial charge in [0.05, 0.1) is 5.69 Å². The number of hydrogen-bond donors (Lipinski definition) is 0. The summed E-state index contributed by atoms with van der Waals surface area (Å²) in [6, 6.07) is 10.4. The van der Waals surface area contributed by atoms with Crippen LogP contribution in [0.5, 0.6) is 0 Å². The van der Waals surface area contributed by atoms with Crippen molar-refractivity contribution in [1.82, 2.24) is 4.57 Å². The summed E-state index contributed by atoms with van der Waals surface area (Å²) in [6.07, 6.45) is 13.0. The number of halogens is 1. The highest BCUT2D eigenvalue weighted by Crippen LogP contribution is 2.28. The van der Waals surface area contributed by atoms with Gasteiger partial charge in [0.25, 0.3) is 0 Å². The number of aliphatic imine (C=N–C) groups is 1. The van der Waals surface area contributed by atoms with Crippen molar-refractivity contribution >= 4 is 23.5 Å². The van der Waals surface area contributed by atoms with E-state index in [1.165, 1.54) is 32.1 Å². The number of rotatable bonds is 3. The van der Waals surface area contributed by atoms with Crippen molar-refractivity contribution in [1.29, 1.82) is 0 Å². The Morgan fingerprint density at radius 2 is 1.80 bits per heavy atom. The zero-order chi connectivity index (χ0) is 13.8. The lowest BCUT2D eigenvalue weighted by molar-refractivity contribution is 0.354. The zero-order valence-electron chi connectivity index (χ0n) is 11.5. The lowest BCUT2D eigenvalue weighted by atomic mass is 9.95. The van der Waals surface area contributed by atoms with Crippen molar-refractivity contribution in [3.05, 3.63) is 53.3 Å². The summed E-state index contributed by atoms with van der Waals surface area (Å²) in [5.41, 5.74) is 2.09. The molecule has 0 radical (unpaired) electrons. The molecular weight excluding hydrogens is 268 g/mol. The largest absolute Gasteiger partial charge is 0.351 e. The number of hydrogen-bond acceptors (Lipinski definition) is 1.